The fourth-order valence-electron chi connectivity index (χ4n) is 4.82. The minimum absolute atomic E-state index is 0.0642. The van der Waals surface area contributed by atoms with Crippen molar-refractivity contribution in [3.05, 3.63) is 94.9 Å². The second kappa shape index (κ2) is 8.71. The van der Waals surface area contributed by atoms with Crippen molar-refractivity contribution < 1.29 is 13.9 Å². The minimum atomic E-state index is -0.367. The standard InChI is InChI=1S/C27H26FN3O2/c1-17(32)29-20-10-7-18(8-11-20)16-31-14-13-22-21-5-3-4-6-24(21)30-26(22)27(31)19-9-12-23(28)25(15-19)33-2/h3-12,15,27,30H,13-14,16H2,1-2H3,(H,29,32). The molecule has 1 unspecified atom stereocenters. The van der Waals surface area contributed by atoms with E-state index in [1.165, 1.54) is 31.0 Å². The SMILES string of the molecule is COc1cc(C2c3[nH]c4ccccc4c3CCN2Cc2ccc(NC(C)=O)cc2)ccc1F. The fourth-order valence-corrected chi connectivity index (χ4v) is 4.82. The Morgan fingerprint density at radius 2 is 1.94 bits per heavy atom. The van der Waals surface area contributed by atoms with Crippen molar-refractivity contribution in [3.63, 3.8) is 0 Å². The molecule has 1 aliphatic heterocycles. The lowest BCUT2D eigenvalue weighted by Crippen LogP contribution is -2.35. The minimum Gasteiger partial charge on any atom is -0.494 e. The Morgan fingerprint density at radius 3 is 2.70 bits per heavy atom. The monoisotopic (exact) mass is 443 g/mol. The maximum absolute atomic E-state index is 14.2. The summed E-state index contributed by atoms with van der Waals surface area (Å²) in [6.45, 7) is 3.09. The molecule has 0 saturated heterocycles. The molecule has 5 rings (SSSR count). The molecule has 1 aliphatic rings. The number of aromatic nitrogens is 1. The number of nitrogens with one attached hydrogen (secondary N) is 2. The lowest BCUT2D eigenvalue weighted by molar-refractivity contribution is -0.114. The number of halogens is 1. The second-order valence-electron chi connectivity index (χ2n) is 8.46. The first kappa shape index (κ1) is 21.2. The lowest BCUT2D eigenvalue weighted by atomic mass is 9.91. The van der Waals surface area contributed by atoms with E-state index < -0.39 is 0 Å². The van der Waals surface area contributed by atoms with Gasteiger partial charge in [0.25, 0.3) is 0 Å². The first-order valence-electron chi connectivity index (χ1n) is 11.1. The highest BCUT2D eigenvalue weighted by Gasteiger charge is 2.32. The summed E-state index contributed by atoms with van der Waals surface area (Å²) in [5.74, 6) is -0.208. The average molecular weight is 444 g/mol. The Morgan fingerprint density at radius 1 is 1.15 bits per heavy atom. The Kier molecular flexibility index (Phi) is 5.60. The number of para-hydroxylation sites is 1. The zero-order valence-corrected chi connectivity index (χ0v) is 18.7. The zero-order chi connectivity index (χ0) is 22.9. The van der Waals surface area contributed by atoms with Crippen LogP contribution in [0.4, 0.5) is 10.1 Å². The van der Waals surface area contributed by atoms with Gasteiger partial charge in [0.1, 0.15) is 0 Å². The third-order valence-electron chi connectivity index (χ3n) is 6.29. The van der Waals surface area contributed by atoms with Crippen molar-refractivity contribution in [3.8, 4) is 5.75 Å². The van der Waals surface area contributed by atoms with Crippen molar-refractivity contribution in [2.75, 3.05) is 19.0 Å². The van der Waals surface area contributed by atoms with Crippen molar-refractivity contribution in [2.24, 2.45) is 0 Å². The van der Waals surface area contributed by atoms with Gasteiger partial charge in [-0.15, -0.1) is 0 Å². The average Bonchev–Trinajstić information content (AvgIpc) is 3.19. The van der Waals surface area contributed by atoms with Crippen LogP contribution in [0.1, 0.15) is 35.3 Å². The quantitative estimate of drug-likeness (QED) is 0.433. The van der Waals surface area contributed by atoms with E-state index in [1.54, 1.807) is 6.07 Å². The molecule has 0 bridgehead atoms. The number of carbonyl (C=O) groups is 1. The number of carbonyl (C=O) groups excluding carboxylic acids is 1. The van der Waals surface area contributed by atoms with Gasteiger partial charge in [-0.3, -0.25) is 9.69 Å². The van der Waals surface area contributed by atoms with Crippen LogP contribution < -0.4 is 10.1 Å². The highest BCUT2D eigenvalue weighted by Crippen LogP contribution is 2.40. The molecule has 168 valence electrons. The van der Waals surface area contributed by atoms with Crippen molar-refractivity contribution in [1.29, 1.82) is 0 Å². The van der Waals surface area contributed by atoms with Crippen LogP contribution in [0.15, 0.2) is 66.7 Å². The van der Waals surface area contributed by atoms with Crippen LogP contribution in [0.5, 0.6) is 5.75 Å². The first-order valence-corrected chi connectivity index (χ1v) is 11.1. The third-order valence-corrected chi connectivity index (χ3v) is 6.29. The summed E-state index contributed by atoms with van der Waals surface area (Å²) in [6.07, 6.45) is 0.929. The van der Waals surface area contributed by atoms with Crippen LogP contribution in [-0.2, 0) is 17.8 Å². The number of hydrogen-bond donors (Lipinski definition) is 2. The number of H-pyrrole nitrogens is 1. The summed E-state index contributed by atoms with van der Waals surface area (Å²) in [4.78, 5) is 17.4. The van der Waals surface area contributed by atoms with Gasteiger partial charge in [0.05, 0.1) is 13.2 Å². The van der Waals surface area contributed by atoms with Crippen LogP contribution in [0, 0.1) is 5.82 Å². The van der Waals surface area contributed by atoms with Crippen LogP contribution in [0.3, 0.4) is 0 Å². The summed E-state index contributed by atoms with van der Waals surface area (Å²) in [5.41, 5.74) is 6.48. The Labute approximate surface area is 192 Å². The van der Waals surface area contributed by atoms with Gasteiger partial charge in [-0.05, 0) is 53.4 Å². The number of fused-ring (bicyclic) bond motifs is 3. The predicted octanol–water partition coefficient (Wildman–Crippen LogP) is 5.42. The predicted molar refractivity (Wildman–Crippen MR) is 128 cm³/mol. The summed E-state index contributed by atoms with van der Waals surface area (Å²) in [5, 5.41) is 4.05. The Balaban J connectivity index is 1.54. The molecule has 3 aromatic carbocycles. The van der Waals surface area contributed by atoms with Gasteiger partial charge in [-0.25, -0.2) is 4.39 Å². The molecular weight excluding hydrogens is 417 g/mol. The number of benzene rings is 3. The molecule has 0 fully saturated rings. The smallest absolute Gasteiger partial charge is 0.221 e. The molecule has 1 atom stereocenters. The highest BCUT2D eigenvalue weighted by molar-refractivity contribution is 5.88. The molecule has 5 nitrogen and oxygen atoms in total. The zero-order valence-electron chi connectivity index (χ0n) is 18.7. The van der Waals surface area contributed by atoms with Gasteiger partial charge in [-0.2, -0.15) is 0 Å². The van der Waals surface area contributed by atoms with Crippen molar-refractivity contribution in [1.82, 2.24) is 9.88 Å². The maximum atomic E-state index is 14.2. The van der Waals surface area contributed by atoms with E-state index in [4.69, 9.17) is 4.74 Å². The van der Waals surface area contributed by atoms with Crippen molar-refractivity contribution in [2.45, 2.75) is 25.9 Å². The van der Waals surface area contributed by atoms with E-state index in [-0.39, 0.29) is 23.5 Å². The summed E-state index contributed by atoms with van der Waals surface area (Å²) in [7, 11) is 1.49. The topological polar surface area (TPSA) is 57.4 Å². The molecule has 0 spiro atoms. The van der Waals surface area contributed by atoms with Gasteiger partial charge in [0.2, 0.25) is 5.91 Å². The molecule has 1 aromatic heterocycles. The van der Waals surface area contributed by atoms with E-state index in [0.717, 1.165) is 47.5 Å². The second-order valence-corrected chi connectivity index (χ2v) is 8.46. The number of methoxy groups -OCH3 is 1. The number of anilines is 1. The van der Waals surface area contributed by atoms with E-state index in [0.29, 0.717) is 0 Å². The normalized spacial score (nSPS) is 15.9. The van der Waals surface area contributed by atoms with Gasteiger partial charge in [0.15, 0.2) is 11.6 Å². The molecule has 2 heterocycles. The summed E-state index contributed by atoms with van der Waals surface area (Å²) >= 11 is 0. The molecule has 0 aliphatic carbocycles. The molecule has 1 amide bonds. The number of ether oxygens (including phenoxy) is 1. The fraction of sp³-hybridized carbons (Fsp3) is 0.222. The van der Waals surface area contributed by atoms with Crippen LogP contribution in [0.2, 0.25) is 0 Å². The maximum Gasteiger partial charge on any atom is 0.221 e. The molecule has 2 N–H and O–H groups in total. The summed E-state index contributed by atoms with van der Waals surface area (Å²) < 4.78 is 19.5. The Bertz CT molecular complexity index is 1310. The van der Waals surface area contributed by atoms with Crippen molar-refractivity contribution >= 4 is 22.5 Å². The molecule has 6 heteroatoms. The van der Waals surface area contributed by atoms with Crippen LogP contribution >= 0.6 is 0 Å². The first-order chi connectivity index (χ1) is 16.0. The number of hydrogen-bond acceptors (Lipinski definition) is 3. The highest BCUT2D eigenvalue weighted by atomic mass is 19.1. The largest absolute Gasteiger partial charge is 0.494 e. The van der Waals surface area contributed by atoms with E-state index in [9.17, 15) is 9.18 Å². The van der Waals surface area contributed by atoms with Crippen LogP contribution in [-0.4, -0.2) is 29.4 Å². The molecule has 0 radical (unpaired) electrons. The van der Waals surface area contributed by atoms with E-state index in [2.05, 4.69) is 33.4 Å². The number of nitrogens with zero attached hydrogens (tertiary/aromatic N) is 1. The van der Waals surface area contributed by atoms with Gasteiger partial charge < -0.3 is 15.0 Å². The van der Waals surface area contributed by atoms with Gasteiger partial charge in [-0.1, -0.05) is 36.4 Å². The number of amides is 1. The third kappa shape index (κ3) is 4.10. The molecular formula is C27H26FN3O2. The molecule has 33 heavy (non-hydrogen) atoms. The lowest BCUT2D eigenvalue weighted by Gasteiger charge is -2.36. The van der Waals surface area contributed by atoms with Gasteiger partial charge in [0, 0.05) is 42.3 Å². The van der Waals surface area contributed by atoms with Gasteiger partial charge >= 0.3 is 0 Å². The molecule has 4 aromatic rings. The van der Waals surface area contributed by atoms with E-state index in [1.807, 2.05) is 36.4 Å². The molecule has 0 saturated carbocycles. The van der Waals surface area contributed by atoms with E-state index >= 15 is 0 Å². The number of rotatable bonds is 5. The van der Waals surface area contributed by atoms with Crippen LogP contribution in [0.25, 0.3) is 10.9 Å². The Hall–Kier alpha value is -3.64. The summed E-state index contributed by atoms with van der Waals surface area (Å²) in [6, 6.07) is 21.3. The number of aromatic amines is 1.